The molecule has 0 aromatic heterocycles. The van der Waals surface area contributed by atoms with Crippen molar-refractivity contribution in [1.82, 2.24) is 0 Å². The lowest BCUT2D eigenvalue weighted by molar-refractivity contribution is -0.274. The standard InChI is InChI=1S/C8H16O5/c1-4-6(10)7(11)5(3-9)13-8(4)12-2/h4-11H,3H2,1-2H3/t4?,5?,6-,7+,8-/m1/s1. The van der Waals surface area contributed by atoms with Gasteiger partial charge in [-0.25, -0.2) is 0 Å². The van der Waals surface area contributed by atoms with Crippen molar-refractivity contribution in [3.63, 3.8) is 0 Å². The quantitative estimate of drug-likeness (QED) is 0.507. The zero-order valence-electron chi connectivity index (χ0n) is 7.75. The third-order valence-corrected chi connectivity index (χ3v) is 2.42. The summed E-state index contributed by atoms with van der Waals surface area (Å²) in [4.78, 5) is 0. The van der Waals surface area contributed by atoms with Crippen LogP contribution in [0.3, 0.4) is 0 Å². The number of rotatable bonds is 2. The fourth-order valence-electron chi connectivity index (χ4n) is 1.49. The van der Waals surface area contributed by atoms with E-state index >= 15 is 0 Å². The van der Waals surface area contributed by atoms with Crippen molar-refractivity contribution in [2.24, 2.45) is 5.92 Å². The summed E-state index contributed by atoms with van der Waals surface area (Å²) in [5.74, 6) is -0.303. The van der Waals surface area contributed by atoms with Crippen molar-refractivity contribution in [3.8, 4) is 0 Å². The highest BCUT2D eigenvalue weighted by Gasteiger charge is 2.41. The summed E-state index contributed by atoms with van der Waals surface area (Å²) in [5, 5.41) is 27.8. The average Bonchev–Trinajstić information content (AvgIpc) is 2.15. The summed E-state index contributed by atoms with van der Waals surface area (Å²) < 4.78 is 10.1. The second-order valence-electron chi connectivity index (χ2n) is 3.30. The van der Waals surface area contributed by atoms with E-state index in [2.05, 4.69) is 0 Å². The maximum atomic E-state index is 9.53. The second kappa shape index (κ2) is 4.34. The smallest absolute Gasteiger partial charge is 0.162 e. The maximum absolute atomic E-state index is 9.53. The molecule has 0 aromatic rings. The molecule has 5 heteroatoms. The largest absolute Gasteiger partial charge is 0.394 e. The van der Waals surface area contributed by atoms with Crippen molar-refractivity contribution < 1.29 is 24.8 Å². The van der Waals surface area contributed by atoms with E-state index in [4.69, 9.17) is 14.6 Å². The number of hydrogen-bond acceptors (Lipinski definition) is 5. The Morgan fingerprint density at radius 2 is 1.92 bits per heavy atom. The Bertz CT molecular complexity index is 143. The van der Waals surface area contributed by atoms with E-state index in [1.165, 1.54) is 7.11 Å². The van der Waals surface area contributed by atoms with Gasteiger partial charge in [0.15, 0.2) is 6.29 Å². The molecule has 1 heterocycles. The first kappa shape index (κ1) is 10.9. The van der Waals surface area contributed by atoms with Crippen LogP contribution < -0.4 is 0 Å². The van der Waals surface area contributed by atoms with Crippen LogP contribution >= 0.6 is 0 Å². The fourth-order valence-corrected chi connectivity index (χ4v) is 1.49. The van der Waals surface area contributed by atoms with Gasteiger partial charge >= 0.3 is 0 Å². The summed E-state index contributed by atoms with van der Waals surface area (Å²) in [6.45, 7) is 1.39. The van der Waals surface area contributed by atoms with E-state index in [0.29, 0.717) is 0 Å². The highest BCUT2D eigenvalue weighted by molar-refractivity contribution is 4.86. The molecule has 0 radical (unpaired) electrons. The normalized spacial score (nSPS) is 46.4. The van der Waals surface area contributed by atoms with Crippen molar-refractivity contribution in [2.75, 3.05) is 13.7 Å². The van der Waals surface area contributed by atoms with Gasteiger partial charge in [-0.1, -0.05) is 6.92 Å². The van der Waals surface area contributed by atoms with Gasteiger partial charge in [-0.3, -0.25) is 0 Å². The number of hydrogen-bond donors (Lipinski definition) is 3. The SMILES string of the molecule is CO[C@@H]1OC(CO)[C@H](O)[C@H](O)C1C. The van der Waals surface area contributed by atoms with Crippen LogP contribution in [0.1, 0.15) is 6.92 Å². The Hall–Kier alpha value is -0.200. The number of ether oxygens (including phenoxy) is 2. The van der Waals surface area contributed by atoms with Gasteiger partial charge in [-0.15, -0.1) is 0 Å². The molecule has 0 aliphatic carbocycles. The van der Waals surface area contributed by atoms with Gasteiger partial charge in [0.05, 0.1) is 12.7 Å². The average molecular weight is 192 g/mol. The van der Waals surface area contributed by atoms with Gasteiger partial charge in [-0.2, -0.15) is 0 Å². The van der Waals surface area contributed by atoms with Crippen LogP contribution in [0.2, 0.25) is 0 Å². The Morgan fingerprint density at radius 3 is 2.38 bits per heavy atom. The molecule has 1 rings (SSSR count). The molecule has 0 bridgehead atoms. The first-order chi connectivity index (χ1) is 6.11. The molecule has 78 valence electrons. The zero-order valence-corrected chi connectivity index (χ0v) is 7.75. The molecular weight excluding hydrogens is 176 g/mol. The number of aliphatic hydroxyl groups excluding tert-OH is 3. The predicted molar refractivity (Wildman–Crippen MR) is 43.9 cm³/mol. The highest BCUT2D eigenvalue weighted by atomic mass is 16.7. The molecule has 0 saturated carbocycles. The van der Waals surface area contributed by atoms with Gasteiger partial charge in [0.2, 0.25) is 0 Å². The summed E-state index contributed by atoms with van der Waals surface area (Å²) in [6, 6.07) is 0. The molecule has 1 aliphatic heterocycles. The van der Waals surface area contributed by atoms with E-state index in [1.807, 2.05) is 0 Å². The van der Waals surface area contributed by atoms with Crippen LogP contribution in [0.5, 0.6) is 0 Å². The molecule has 3 N–H and O–H groups in total. The molecular formula is C8H16O5. The van der Waals surface area contributed by atoms with Crippen molar-refractivity contribution in [2.45, 2.75) is 31.5 Å². The van der Waals surface area contributed by atoms with Crippen LogP contribution in [0, 0.1) is 5.92 Å². The van der Waals surface area contributed by atoms with E-state index in [0.717, 1.165) is 0 Å². The lowest BCUT2D eigenvalue weighted by Crippen LogP contribution is -2.55. The summed E-state index contributed by atoms with van der Waals surface area (Å²) >= 11 is 0. The van der Waals surface area contributed by atoms with E-state index < -0.39 is 24.6 Å². The number of methoxy groups -OCH3 is 1. The monoisotopic (exact) mass is 192 g/mol. The summed E-state index contributed by atoms with van der Waals surface area (Å²) in [5.41, 5.74) is 0. The van der Waals surface area contributed by atoms with Gasteiger partial charge < -0.3 is 24.8 Å². The second-order valence-corrected chi connectivity index (χ2v) is 3.30. The van der Waals surface area contributed by atoms with Gasteiger partial charge in [-0.05, 0) is 0 Å². The third-order valence-electron chi connectivity index (χ3n) is 2.42. The molecule has 0 spiro atoms. The minimum absolute atomic E-state index is 0.303. The van der Waals surface area contributed by atoms with Crippen molar-refractivity contribution in [3.05, 3.63) is 0 Å². The predicted octanol–water partition coefficient (Wildman–Crippen LogP) is -1.29. The minimum Gasteiger partial charge on any atom is -0.394 e. The molecule has 0 aromatic carbocycles. The Balaban J connectivity index is 2.66. The van der Waals surface area contributed by atoms with Crippen LogP contribution in [0.4, 0.5) is 0 Å². The molecule has 1 saturated heterocycles. The van der Waals surface area contributed by atoms with Gasteiger partial charge in [0.1, 0.15) is 12.2 Å². The van der Waals surface area contributed by atoms with E-state index in [-0.39, 0.29) is 12.5 Å². The fraction of sp³-hybridized carbons (Fsp3) is 1.00. The molecule has 5 nitrogen and oxygen atoms in total. The Morgan fingerprint density at radius 1 is 1.31 bits per heavy atom. The minimum atomic E-state index is -1.05. The lowest BCUT2D eigenvalue weighted by atomic mass is 9.93. The Labute approximate surface area is 76.9 Å². The van der Waals surface area contributed by atoms with Gasteiger partial charge in [0, 0.05) is 13.0 Å². The topological polar surface area (TPSA) is 79.2 Å². The van der Waals surface area contributed by atoms with E-state index in [1.54, 1.807) is 6.92 Å². The first-order valence-corrected chi connectivity index (χ1v) is 4.27. The van der Waals surface area contributed by atoms with Crippen LogP contribution in [0.15, 0.2) is 0 Å². The lowest BCUT2D eigenvalue weighted by Gasteiger charge is -2.40. The zero-order chi connectivity index (χ0) is 10.0. The highest BCUT2D eigenvalue weighted by Crippen LogP contribution is 2.25. The van der Waals surface area contributed by atoms with Crippen LogP contribution in [-0.4, -0.2) is 53.6 Å². The molecule has 1 fully saturated rings. The molecule has 0 amide bonds. The third kappa shape index (κ3) is 2.00. The van der Waals surface area contributed by atoms with Crippen molar-refractivity contribution >= 4 is 0 Å². The van der Waals surface area contributed by atoms with E-state index in [9.17, 15) is 10.2 Å². The first-order valence-electron chi connectivity index (χ1n) is 4.27. The van der Waals surface area contributed by atoms with Crippen LogP contribution in [0.25, 0.3) is 0 Å². The Kier molecular flexibility index (Phi) is 3.63. The van der Waals surface area contributed by atoms with Crippen molar-refractivity contribution in [1.29, 1.82) is 0 Å². The summed E-state index contributed by atoms with van der Waals surface area (Å²) in [6.07, 6.45) is -3.31. The maximum Gasteiger partial charge on any atom is 0.162 e. The molecule has 1 aliphatic rings. The summed E-state index contributed by atoms with van der Waals surface area (Å²) in [7, 11) is 1.46. The van der Waals surface area contributed by atoms with Gasteiger partial charge in [0.25, 0.3) is 0 Å². The molecule has 13 heavy (non-hydrogen) atoms. The molecule has 5 atom stereocenters. The number of aliphatic hydroxyl groups is 3. The van der Waals surface area contributed by atoms with Crippen LogP contribution in [-0.2, 0) is 9.47 Å². The molecule has 2 unspecified atom stereocenters.